The summed E-state index contributed by atoms with van der Waals surface area (Å²) in [6.45, 7) is 0. The van der Waals surface area contributed by atoms with Crippen LogP contribution in [0.3, 0.4) is 0 Å². The summed E-state index contributed by atoms with van der Waals surface area (Å²) in [6.07, 6.45) is -2.51. The molecule has 2 aromatic carbocycles. The van der Waals surface area contributed by atoms with Crippen molar-refractivity contribution in [3.63, 3.8) is 0 Å². The lowest BCUT2D eigenvalue weighted by Gasteiger charge is -2.19. The summed E-state index contributed by atoms with van der Waals surface area (Å²) >= 11 is 5.63. The molecule has 0 fully saturated rings. The molecule has 0 saturated carbocycles. The van der Waals surface area contributed by atoms with Crippen LogP contribution in [0.1, 0.15) is 23.3 Å². The monoisotopic (exact) mass is 266 g/mol. The van der Waals surface area contributed by atoms with Crippen molar-refractivity contribution in [3.8, 4) is 0 Å². The summed E-state index contributed by atoms with van der Waals surface area (Å²) in [5.74, 6) is -0.634. The van der Waals surface area contributed by atoms with Crippen molar-refractivity contribution in [1.82, 2.24) is 0 Å². The van der Waals surface area contributed by atoms with Crippen molar-refractivity contribution in [2.45, 2.75) is 12.2 Å². The van der Waals surface area contributed by atoms with E-state index in [-0.39, 0.29) is 10.6 Å². The highest BCUT2D eigenvalue weighted by atomic mass is 35.5. The highest BCUT2D eigenvalue weighted by molar-refractivity contribution is 6.30. The Morgan fingerprint density at radius 1 is 0.944 bits per heavy atom. The summed E-state index contributed by atoms with van der Waals surface area (Å²) in [4.78, 5) is 0. The summed E-state index contributed by atoms with van der Waals surface area (Å²) in [7, 11) is 0. The van der Waals surface area contributed by atoms with E-state index in [9.17, 15) is 14.6 Å². The molecule has 0 radical (unpaired) electrons. The minimum atomic E-state index is -1.33. The highest BCUT2D eigenvalue weighted by Gasteiger charge is 2.22. The maximum Gasteiger partial charge on any atom is 0.130 e. The van der Waals surface area contributed by atoms with Crippen molar-refractivity contribution in [1.29, 1.82) is 0 Å². The van der Waals surface area contributed by atoms with Crippen molar-refractivity contribution >= 4 is 11.6 Å². The van der Waals surface area contributed by atoms with Gasteiger partial charge in [-0.1, -0.05) is 48.0 Å². The first kappa shape index (κ1) is 13.0. The number of hydrogen-bond acceptors (Lipinski definition) is 2. The predicted molar refractivity (Wildman–Crippen MR) is 67.8 cm³/mol. The Kier molecular flexibility index (Phi) is 3.97. The lowest BCUT2D eigenvalue weighted by Crippen LogP contribution is -2.11. The van der Waals surface area contributed by atoms with E-state index in [2.05, 4.69) is 0 Å². The van der Waals surface area contributed by atoms with E-state index in [1.165, 1.54) is 12.1 Å². The van der Waals surface area contributed by atoms with Gasteiger partial charge in [0.2, 0.25) is 0 Å². The van der Waals surface area contributed by atoms with Gasteiger partial charge in [0.1, 0.15) is 18.0 Å². The molecule has 0 bridgehead atoms. The summed E-state index contributed by atoms with van der Waals surface area (Å²) in [5.41, 5.74) is 0.551. The smallest absolute Gasteiger partial charge is 0.130 e. The molecule has 0 aromatic heterocycles. The number of aliphatic hydroxyl groups is 2. The van der Waals surface area contributed by atoms with Crippen molar-refractivity contribution in [2.75, 3.05) is 0 Å². The lowest BCUT2D eigenvalue weighted by molar-refractivity contribution is 0.0151. The Hall–Kier alpha value is -1.42. The Labute approximate surface area is 109 Å². The standard InChI is InChI=1S/C14H12ClFO2/c15-10-6-7-11(12(16)8-10)14(18)13(17)9-4-2-1-3-5-9/h1-8,13-14,17-18H. The SMILES string of the molecule is OC(c1ccccc1)C(O)c1ccc(Cl)cc1F. The average Bonchev–Trinajstić information content (AvgIpc) is 2.38. The van der Waals surface area contributed by atoms with Gasteiger partial charge in [-0.05, 0) is 17.7 Å². The van der Waals surface area contributed by atoms with E-state index < -0.39 is 18.0 Å². The summed E-state index contributed by atoms with van der Waals surface area (Å²) in [6, 6.07) is 12.6. The number of hydrogen-bond donors (Lipinski definition) is 2. The van der Waals surface area contributed by atoms with Crippen LogP contribution < -0.4 is 0 Å². The van der Waals surface area contributed by atoms with Gasteiger partial charge in [-0.15, -0.1) is 0 Å². The highest BCUT2D eigenvalue weighted by Crippen LogP contribution is 2.30. The molecule has 0 aliphatic rings. The van der Waals surface area contributed by atoms with E-state index in [1.807, 2.05) is 0 Å². The first-order chi connectivity index (χ1) is 8.59. The molecule has 2 N–H and O–H groups in total. The van der Waals surface area contributed by atoms with Crippen LogP contribution in [-0.4, -0.2) is 10.2 Å². The van der Waals surface area contributed by atoms with Gasteiger partial charge in [0.05, 0.1) is 0 Å². The van der Waals surface area contributed by atoms with Crippen LogP contribution in [0.4, 0.5) is 4.39 Å². The van der Waals surface area contributed by atoms with Gasteiger partial charge in [0.25, 0.3) is 0 Å². The van der Waals surface area contributed by atoms with Gasteiger partial charge < -0.3 is 10.2 Å². The second-order valence-corrected chi connectivity index (χ2v) is 4.40. The first-order valence-corrected chi connectivity index (χ1v) is 5.83. The maximum atomic E-state index is 13.6. The molecule has 2 atom stereocenters. The van der Waals surface area contributed by atoms with Crippen LogP contribution in [-0.2, 0) is 0 Å². The molecule has 0 amide bonds. The molecular weight excluding hydrogens is 255 g/mol. The number of benzene rings is 2. The van der Waals surface area contributed by atoms with Crippen molar-refractivity contribution < 1.29 is 14.6 Å². The topological polar surface area (TPSA) is 40.5 Å². The minimum absolute atomic E-state index is 0.0238. The van der Waals surface area contributed by atoms with Crippen LogP contribution in [0.25, 0.3) is 0 Å². The molecule has 0 spiro atoms. The zero-order valence-corrected chi connectivity index (χ0v) is 10.2. The molecule has 0 aliphatic heterocycles. The normalized spacial score (nSPS) is 14.2. The molecule has 2 nitrogen and oxygen atoms in total. The van der Waals surface area contributed by atoms with Gasteiger partial charge in [-0.25, -0.2) is 4.39 Å². The maximum absolute atomic E-state index is 13.6. The lowest BCUT2D eigenvalue weighted by atomic mass is 9.98. The van der Waals surface area contributed by atoms with Crippen molar-refractivity contribution in [2.24, 2.45) is 0 Å². The third kappa shape index (κ3) is 2.70. The van der Waals surface area contributed by atoms with E-state index in [0.29, 0.717) is 5.56 Å². The number of rotatable bonds is 3. The third-order valence-electron chi connectivity index (χ3n) is 2.72. The fourth-order valence-corrected chi connectivity index (χ4v) is 1.90. The predicted octanol–water partition coefficient (Wildman–Crippen LogP) is 3.25. The summed E-state index contributed by atoms with van der Waals surface area (Å²) < 4.78 is 13.6. The number of halogens is 2. The molecule has 2 unspecified atom stereocenters. The zero-order chi connectivity index (χ0) is 13.1. The van der Waals surface area contributed by atoms with Gasteiger partial charge in [-0.2, -0.15) is 0 Å². The molecule has 18 heavy (non-hydrogen) atoms. The largest absolute Gasteiger partial charge is 0.385 e. The molecule has 2 rings (SSSR count). The summed E-state index contributed by atoms with van der Waals surface area (Å²) in [5, 5.41) is 20.2. The molecule has 0 saturated heterocycles. The van der Waals surface area contributed by atoms with E-state index in [0.717, 1.165) is 6.07 Å². The molecule has 0 heterocycles. The van der Waals surface area contributed by atoms with E-state index >= 15 is 0 Å². The van der Waals surface area contributed by atoms with E-state index in [4.69, 9.17) is 11.6 Å². The van der Waals surface area contributed by atoms with Gasteiger partial charge in [-0.3, -0.25) is 0 Å². The van der Waals surface area contributed by atoms with Crippen LogP contribution >= 0.6 is 11.6 Å². The average molecular weight is 267 g/mol. The third-order valence-corrected chi connectivity index (χ3v) is 2.96. The van der Waals surface area contributed by atoms with E-state index in [1.54, 1.807) is 30.3 Å². The second kappa shape index (κ2) is 5.48. The molecule has 0 aliphatic carbocycles. The number of aliphatic hydroxyl groups excluding tert-OH is 2. The first-order valence-electron chi connectivity index (χ1n) is 5.45. The van der Waals surface area contributed by atoms with Crippen LogP contribution in [0, 0.1) is 5.82 Å². The molecule has 4 heteroatoms. The Bertz CT molecular complexity index is 531. The van der Waals surface area contributed by atoms with Gasteiger partial charge >= 0.3 is 0 Å². The fourth-order valence-electron chi connectivity index (χ4n) is 1.74. The van der Waals surface area contributed by atoms with Gasteiger partial charge in [0, 0.05) is 10.6 Å². The second-order valence-electron chi connectivity index (χ2n) is 3.97. The van der Waals surface area contributed by atoms with Crippen LogP contribution in [0.15, 0.2) is 48.5 Å². The molecule has 2 aromatic rings. The van der Waals surface area contributed by atoms with Gasteiger partial charge in [0.15, 0.2) is 0 Å². The Balaban J connectivity index is 2.28. The minimum Gasteiger partial charge on any atom is -0.385 e. The van der Waals surface area contributed by atoms with Crippen LogP contribution in [0.5, 0.6) is 0 Å². The molecular formula is C14H12ClFO2. The quantitative estimate of drug-likeness (QED) is 0.895. The Morgan fingerprint density at radius 3 is 2.22 bits per heavy atom. The Morgan fingerprint density at radius 2 is 1.61 bits per heavy atom. The fraction of sp³-hybridized carbons (Fsp3) is 0.143. The zero-order valence-electron chi connectivity index (χ0n) is 9.42. The van der Waals surface area contributed by atoms with Crippen LogP contribution in [0.2, 0.25) is 5.02 Å². The molecule has 94 valence electrons. The van der Waals surface area contributed by atoms with Crippen molar-refractivity contribution in [3.05, 3.63) is 70.5 Å².